The molecule has 1 aromatic heterocycles. The molecule has 0 bridgehead atoms. The molecular formula is C18H25N3O. The minimum Gasteiger partial charge on any atom is -0.467 e. The molecule has 0 saturated heterocycles. The number of guanidine groups is 1. The monoisotopic (exact) mass is 299 g/mol. The van der Waals surface area contributed by atoms with Crippen LogP contribution in [0.3, 0.4) is 0 Å². The first-order valence-corrected chi connectivity index (χ1v) is 7.94. The fourth-order valence-electron chi connectivity index (χ4n) is 2.17. The van der Waals surface area contributed by atoms with Crippen molar-refractivity contribution in [3.05, 3.63) is 59.5 Å². The van der Waals surface area contributed by atoms with Crippen LogP contribution in [-0.4, -0.2) is 19.0 Å². The molecule has 1 aromatic carbocycles. The van der Waals surface area contributed by atoms with Crippen molar-refractivity contribution in [2.75, 3.05) is 13.1 Å². The molecule has 0 atom stereocenters. The molecule has 0 aliphatic heterocycles. The van der Waals surface area contributed by atoms with Crippen LogP contribution < -0.4 is 10.6 Å². The maximum Gasteiger partial charge on any atom is 0.191 e. The van der Waals surface area contributed by atoms with Crippen molar-refractivity contribution in [3.8, 4) is 0 Å². The summed E-state index contributed by atoms with van der Waals surface area (Å²) in [7, 11) is 0. The van der Waals surface area contributed by atoms with Crippen LogP contribution in [0.25, 0.3) is 0 Å². The average molecular weight is 299 g/mol. The molecule has 0 fully saturated rings. The second-order valence-corrected chi connectivity index (χ2v) is 5.12. The molecule has 1 heterocycles. The molecule has 0 saturated carbocycles. The summed E-state index contributed by atoms with van der Waals surface area (Å²) >= 11 is 0. The Morgan fingerprint density at radius 1 is 1.05 bits per heavy atom. The number of hydrogen-bond acceptors (Lipinski definition) is 2. The Hall–Kier alpha value is -2.23. The minimum atomic E-state index is 0.549. The highest BCUT2D eigenvalue weighted by atomic mass is 16.3. The first-order valence-electron chi connectivity index (χ1n) is 7.94. The zero-order chi connectivity index (χ0) is 15.6. The Morgan fingerprint density at radius 3 is 2.45 bits per heavy atom. The topological polar surface area (TPSA) is 49.6 Å². The van der Waals surface area contributed by atoms with Gasteiger partial charge in [-0.1, -0.05) is 31.2 Å². The first-order chi connectivity index (χ1) is 10.8. The minimum absolute atomic E-state index is 0.549. The molecule has 0 aliphatic carbocycles. The molecular weight excluding hydrogens is 274 g/mol. The van der Waals surface area contributed by atoms with Crippen molar-refractivity contribution in [2.45, 2.75) is 33.2 Å². The highest BCUT2D eigenvalue weighted by molar-refractivity contribution is 5.79. The largest absolute Gasteiger partial charge is 0.467 e. The zero-order valence-electron chi connectivity index (χ0n) is 13.4. The van der Waals surface area contributed by atoms with Crippen molar-refractivity contribution in [1.29, 1.82) is 0 Å². The number of aryl methyl sites for hydroxylation is 1. The fraction of sp³-hybridized carbons (Fsp3) is 0.389. The number of furan rings is 1. The molecule has 22 heavy (non-hydrogen) atoms. The number of rotatable bonds is 7. The summed E-state index contributed by atoms with van der Waals surface area (Å²) in [6, 6.07) is 12.6. The van der Waals surface area contributed by atoms with Gasteiger partial charge in [0.1, 0.15) is 12.3 Å². The van der Waals surface area contributed by atoms with Gasteiger partial charge >= 0.3 is 0 Å². The van der Waals surface area contributed by atoms with Crippen LogP contribution in [0.5, 0.6) is 0 Å². The number of hydrogen-bond donors (Lipinski definition) is 2. The lowest BCUT2D eigenvalue weighted by Crippen LogP contribution is -2.38. The zero-order valence-corrected chi connectivity index (χ0v) is 13.4. The summed E-state index contributed by atoms with van der Waals surface area (Å²) in [6.45, 7) is 6.49. The third kappa shape index (κ3) is 5.28. The van der Waals surface area contributed by atoms with Crippen molar-refractivity contribution in [1.82, 2.24) is 10.6 Å². The molecule has 0 amide bonds. The lowest BCUT2D eigenvalue weighted by atomic mass is 10.1. The van der Waals surface area contributed by atoms with E-state index in [1.54, 1.807) is 6.26 Å². The van der Waals surface area contributed by atoms with Gasteiger partial charge in [-0.05, 0) is 43.0 Å². The number of nitrogens with zero attached hydrogens (tertiary/aromatic N) is 1. The van der Waals surface area contributed by atoms with E-state index in [-0.39, 0.29) is 0 Å². The Kier molecular flexibility index (Phi) is 6.55. The number of aliphatic imine (C=N–C) groups is 1. The van der Waals surface area contributed by atoms with E-state index in [4.69, 9.17) is 4.42 Å². The predicted octanol–water partition coefficient (Wildman–Crippen LogP) is 3.14. The maximum absolute atomic E-state index is 5.29. The van der Waals surface area contributed by atoms with Gasteiger partial charge in [-0.25, -0.2) is 4.99 Å². The van der Waals surface area contributed by atoms with Gasteiger partial charge in [0.25, 0.3) is 0 Å². The highest BCUT2D eigenvalue weighted by Gasteiger charge is 1.99. The third-order valence-electron chi connectivity index (χ3n) is 3.45. The van der Waals surface area contributed by atoms with E-state index < -0.39 is 0 Å². The van der Waals surface area contributed by atoms with E-state index in [1.807, 2.05) is 12.1 Å². The van der Waals surface area contributed by atoms with E-state index in [9.17, 15) is 0 Å². The van der Waals surface area contributed by atoms with Crippen molar-refractivity contribution in [2.24, 2.45) is 4.99 Å². The van der Waals surface area contributed by atoms with Crippen LogP contribution >= 0.6 is 0 Å². The lowest BCUT2D eigenvalue weighted by Gasteiger charge is -2.11. The summed E-state index contributed by atoms with van der Waals surface area (Å²) in [4.78, 5) is 4.52. The smallest absolute Gasteiger partial charge is 0.191 e. The van der Waals surface area contributed by atoms with Gasteiger partial charge in [-0.3, -0.25) is 0 Å². The average Bonchev–Trinajstić information content (AvgIpc) is 3.06. The summed E-state index contributed by atoms with van der Waals surface area (Å²) in [6.07, 6.45) is 3.74. The molecule has 0 aliphatic rings. The fourth-order valence-corrected chi connectivity index (χ4v) is 2.17. The van der Waals surface area contributed by atoms with E-state index in [0.29, 0.717) is 6.54 Å². The summed E-state index contributed by atoms with van der Waals surface area (Å²) < 4.78 is 5.29. The van der Waals surface area contributed by atoms with E-state index in [0.717, 1.165) is 37.7 Å². The second-order valence-electron chi connectivity index (χ2n) is 5.12. The molecule has 118 valence electrons. The maximum atomic E-state index is 5.29. The summed E-state index contributed by atoms with van der Waals surface area (Å²) in [5, 5.41) is 6.60. The lowest BCUT2D eigenvalue weighted by molar-refractivity contribution is 0.512. The van der Waals surface area contributed by atoms with Gasteiger partial charge < -0.3 is 15.1 Å². The van der Waals surface area contributed by atoms with Gasteiger partial charge in [-0.15, -0.1) is 0 Å². The van der Waals surface area contributed by atoms with Crippen LogP contribution in [0, 0.1) is 0 Å². The summed E-state index contributed by atoms with van der Waals surface area (Å²) in [5.41, 5.74) is 2.72. The van der Waals surface area contributed by atoms with Gasteiger partial charge in [0.2, 0.25) is 0 Å². The van der Waals surface area contributed by atoms with Gasteiger partial charge in [-0.2, -0.15) is 0 Å². The van der Waals surface area contributed by atoms with Gasteiger partial charge in [0, 0.05) is 13.1 Å². The quantitative estimate of drug-likeness (QED) is 0.610. The van der Waals surface area contributed by atoms with Gasteiger partial charge in [0.05, 0.1) is 6.26 Å². The van der Waals surface area contributed by atoms with Crippen LogP contribution in [-0.2, 0) is 19.4 Å². The molecule has 2 aromatic rings. The molecule has 4 heteroatoms. The Labute approximate surface area is 132 Å². The number of benzene rings is 1. The van der Waals surface area contributed by atoms with Crippen molar-refractivity contribution < 1.29 is 4.42 Å². The number of nitrogens with one attached hydrogen (secondary N) is 2. The highest BCUT2D eigenvalue weighted by Crippen LogP contribution is 2.05. The SMILES string of the molecule is CCNC(=NCc1ccco1)NCCc1ccc(CC)cc1. The molecule has 4 nitrogen and oxygen atoms in total. The Bertz CT molecular complexity index is 559. The van der Waals surface area contributed by atoms with Crippen LogP contribution in [0.2, 0.25) is 0 Å². The van der Waals surface area contributed by atoms with Crippen molar-refractivity contribution in [3.63, 3.8) is 0 Å². The van der Waals surface area contributed by atoms with E-state index in [1.165, 1.54) is 11.1 Å². The van der Waals surface area contributed by atoms with E-state index in [2.05, 4.69) is 53.7 Å². The van der Waals surface area contributed by atoms with Crippen LogP contribution in [0.4, 0.5) is 0 Å². The Balaban J connectivity index is 1.81. The molecule has 0 radical (unpaired) electrons. The van der Waals surface area contributed by atoms with Crippen LogP contribution in [0.15, 0.2) is 52.1 Å². The molecule has 0 spiro atoms. The summed E-state index contributed by atoms with van der Waals surface area (Å²) in [5.74, 6) is 1.69. The third-order valence-corrected chi connectivity index (χ3v) is 3.45. The molecule has 2 N–H and O–H groups in total. The standard InChI is InChI=1S/C18H25N3O/c1-3-15-7-9-16(10-8-15)11-12-20-18(19-4-2)21-14-17-6-5-13-22-17/h5-10,13H,3-4,11-12,14H2,1-2H3,(H2,19,20,21). The normalized spacial score (nSPS) is 11.5. The van der Waals surface area contributed by atoms with Gasteiger partial charge in [0.15, 0.2) is 5.96 Å². The van der Waals surface area contributed by atoms with Crippen molar-refractivity contribution >= 4 is 5.96 Å². The molecule has 0 unspecified atom stereocenters. The first kappa shape index (κ1) is 16.1. The predicted molar refractivity (Wildman–Crippen MR) is 91.1 cm³/mol. The van der Waals surface area contributed by atoms with Crippen LogP contribution in [0.1, 0.15) is 30.7 Å². The second kappa shape index (κ2) is 8.93. The van der Waals surface area contributed by atoms with E-state index >= 15 is 0 Å². The molecule has 2 rings (SSSR count). The Morgan fingerprint density at radius 2 is 1.82 bits per heavy atom.